The molecule has 1 nitrogen and oxygen atoms in total. The van der Waals surface area contributed by atoms with Crippen molar-refractivity contribution in [1.82, 2.24) is 0 Å². The molecule has 0 atom stereocenters. The quantitative estimate of drug-likeness (QED) is 0.466. The summed E-state index contributed by atoms with van der Waals surface area (Å²) in [7, 11) is 0. The van der Waals surface area contributed by atoms with E-state index >= 15 is 0 Å². The number of allylic oxidation sites excluding steroid dienone is 1. The van der Waals surface area contributed by atoms with Crippen molar-refractivity contribution in [3.63, 3.8) is 0 Å². The zero-order valence-corrected chi connectivity index (χ0v) is 11.1. The van der Waals surface area contributed by atoms with E-state index < -0.39 is 0 Å². The molecular formula is C14H24OS. The molecule has 0 saturated carbocycles. The minimum Gasteiger partial charge on any atom is -0.300 e. The Balaban J connectivity index is 1.99. The average Bonchev–Trinajstić information content (AvgIpc) is 2.30. The summed E-state index contributed by atoms with van der Waals surface area (Å²) in [6.07, 6.45) is 10.7. The van der Waals surface area contributed by atoms with Gasteiger partial charge in [-0.2, -0.15) is 11.8 Å². The predicted molar refractivity (Wildman–Crippen MR) is 73.0 cm³/mol. The van der Waals surface area contributed by atoms with Gasteiger partial charge in [-0.3, -0.25) is 4.79 Å². The van der Waals surface area contributed by atoms with Gasteiger partial charge in [0.15, 0.2) is 0 Å². The molecule has 16 heavy (non-hydrogen) atoms. The van der Waals surface area contributed by atoms with E-state index in [9.17, 15) is 4.79 Å². The highest BCUT2D eigenvalue weighted by Crippen LogP contribution is 2.26. The highest BCUT2D eigenvalue weighted by molar-refractivity contribution is 7.99. The van der Waals surface area contributed by atoms with Crippen molar-refractivity contribution in [2.45, 2.75) is 51.4 Å². The van der Waals surface area contributed by atoms with Crippen molar-refractivity contribution in [2.24, 2.45) is 5.92 Å². The van der Waals surface area contributed by atoms with Crippen LogP contribution in [0.25, 0.3) is 0 Å². The first-order chi connectivity index (χ1) is 7.83. The number of thioether (sulfide) groups is 1. The molecule has 0 N–H and O–H groups in total. The van der Waals surface area contributed by atoms with Crippen LogP contribution in [-0.4, -0.2) is 17.3 Å². The zero-order chi connectivity index (χ0) is 11.6. The third kappa shape index (κ3) is 6.37. The van der Waals surface area contributed by atoms with Crippen LogP contribution in [0.5, 0.6) is 0 Å². The van der Waals surface area contributed by atoms with Gasteiger partial charge in [0.05, 0.1) is 0 Å². The minimum atomic E-state index is 0.496. The molecule has 1 rings (SSSR count). The van der Waals surface area contributed by atoms with Gasteiger partial charge in [-0.05, 0) is 49.5 Å². The maximum atomic E-state index is 11.7. The Morgan fingerprint density at radius 3 is 2.69 bits per heavy atom. The fourth-order valence-corrected chi connectivity index (χ4v) is 3.37. The molecule has 92 valence electrons. The van der Waals surface area contributed by atoms with Gasteiger partial charge in [-0.1, -0.05) is 12.5 Å². The van der Waals surface area contributed by atoms with E-state index in [-0.39, 0.29) is 0 Å². The summed E-state index contributed by atoms with van der Waals surface area (Å²) in [4.78, 5) is 11.7. The topological polar surface area (TPSA) is 17.1 Å². The molecule has 0 bridgehead atoms. The fourth-order valence-electron chi connectivity index (χ4n) is 2.16. The van der Waals surface area contributed by atoms with Gasteiger partial charge in [0.2, 0.25) is 0 Å². The van der Waals surface area contributed by atoms with Crippen LogP contribution in [0, 0.1) is 5.92 Å². The Morgan fingerprint density at radius 2 is 2.00 bits per heavy atom. The Kier molecular flexibility index (Phi) is 7.65. The second kappa shape index (κ2) is 8.86. The lowest BCUT2D eigenvalue weighted by Gasteiger charge is -2.20. The monoisotopic (exact) mass is 240 g/mol. The summed E-state index contributed by atoms with van der Waals surface area (Å²) >= 11 is 2.03. The highest BCUT2D eigenvalue weighted by Gasteiger charge is 2.16. The standard InChI is InChI=1S/C14H24OS/c1-2-3-4-5-6-7-14(15)12-13-8-10-16-11-9-13/h2,13H,1,3-12H2. The van der Waals surface area contributed by atoms with Crippen molar-refractivity contribution < 1.29 is 4.79 Å². The molecule has 2 heteroatoms. The highest BCUT2D eigenvalue weighted by atomic mass is 32.2. The number of ketones is 1. The number of hydrogen-bond acceptors (Lipinski definition) is 2. The average molecular weight is 240 g/mol. The molecule has 0 radical (unpaired) electrons. The van der Waals surface area contributed by atoms with E-state index in [1.807, 2.05) is 17.8 Å². The van der Waals surface area contributed by atoms with E-state index in [0.717, 1.165) is 25.7 Å². The largest absolute Gasteiger partial charge is 0.300 e. The molecule has 0 aromatic carbocycles. The van der Waals surface area contributed by atoms with Gasteiger partial charge in [-0.15, -0.1) is 6.58 Å². The SMILES string of the molecule is C=CCCCCCC(=O)CC1CCSCC1. The van der Waals surface area contributed by atoms with Crippen LogP contribution in [-0.2, 0) is 4.79 Å². The number of carbonyl (C=O) groups excluding carboxylic acids is 1. The normalized spacial score (nSPS) is 17.2. The summed E-state index contributed by atoms with van der Waals surface area (Å²) in [6.45, 7) is 3.70. The van der Waals surface area contributed by atoms with E-state index in [1.165, 1.54) is 37.2 Å². The molecule has 1 aliphatic rings. The third-order valence-electron chi connectivity index (χ3n) is 3.22. The predicted octanol–water partition coefficient (Wildman–Crippen LogP) is 4.23. The van der Waals surface area contributed by atoms with Crippen molar-refractivity contribution in [1.29, 1.82) is 0 Å². The first-order valence-corrected chi connectivity index (χ1v) is 7.68. The lowest BCUT2D eigenvalue weighted by molar-refractivity contribution is -0.120. The van der Waals surface area contributed by atoms with Crippen molar-refractivity contribution in [2.75, 3.05) is 11.5 Å². The van der Waals surface area contributed by atoms with E-state index in [4.69, 9.17) is 0 Å². The summed E-state index contributed by atoms with van der Waals surface area (Å²) in [5.41, 5.74) is 0. The Morgan fingerprint density at radius 1 is 1.25 bits per heavy atom. The molecule has 1 saturated heterocycles. The maximum absolute atomic E-state index is 11.7. The molecule has 1 heterocycles. The summed E-state index contributed by atoms with van der Waals surface area (Å²) in [5.74, 6) is 3.71. The van der Waals surface area contributed by atoms with E-state index in [0.29, 0.717) is 11.7 Å². The number of Topliss-reactive ketones (excluding diaryl/α,β-unsaturated/α-hetero) is 1. The first kappa shape index (κ1) is 13.8. The van der Waals surface area contributed by atoms with Crippen LogP contribution in [0.2, 0.25) is 0 Å². The van der Waals surface area contributed by atoms with E-state index in [2.05, 4.69) is 6.58 Å². The Labute approximate surface area is 104 Å². The molecule has 0 amide bonds. The summed E-state index contributed by atoms with van der Waals surface area (Å²) < 4.78 is 0. The first-order valence-electron chi connectivity index (χ1n) is 6.53. The van der Waals surface area contributed by atoms with Crippen LogP contribution in [0.3, 0.4) is 0 Å². The van der Waals surface area contributed by atoms with Crippen LogP contribution in [0.15, 0.2) is 12.7 Å². The number of hydrogen-bond donors (Lipinski definition) is 0. The van der Waals surface area contributed by atoms with E-state index in [1.54, 1.807) is 0 Å². The molecule has 0 aromatic heterocycles. The number of carbonyl (C=O) groups is 1. The fraction of sp³-hybridized carbons (Fsp3) is 0.786. The molecule has 0 aromatic rings. The van der Waals surface area contributed by atoms with Gasteiger partial charge in [0.25, 0.3) is 0 Å². The molecule has 0 spiro atoms. The van der Waals surface area contributed by atoms with Gasteiger partial charge >= 0.3 is 0 Å². The molecule has 1 aliphatic heterocycles. The lowest BCUT2D eigenvalue weighted by Crippen LogP contribution is -2.14. The van der Waals surface area contributed by atoms with Crippen molar-refractivity contribution in [3.05, 3.63) is 12.7 Å². The second-order valence-corrected chi connectivity index (χ2v) is 5.91. The molecular weight excluding hydrogens is 216 g/mol. The molecule has 0 aliphatic carbocycles. The number of unbranched alkanes of at least 4 members (excludes halogenated alkanes) is 3. The third-order valence-corrected chi connectivity index (χ3v) is 4.27. The number of rotatable bonds is 8. The van der Waals surface area contributed by atoms with Crippen molar-refractivity contribution >= 4 is 17.5 Å². The smallest absolute Gasteiger partial charge is 0.133 e. The van der Waals surface area contributed by atoms with Crippen LogP contribution >= 0.6 is 11.8 Å². The van der Waals surface area contributed by atoms with Crippen LogP contribution in [0.4, 0.5) is 0 Å². The van der Waals surface area contributed by atoms with Crippen LogP contribution in [0.1, 0.15) is 51.4 Å². The Bertz CT molecular complexity index is 207. The zero-order valence-electron chi connectivity index (χ0n) is 10.2. The Hall–Kier alpha value is -0.240. The van der Waals surface area contributed by atoms with Gasteiger partial charge in [0.1, 0.15) is 5.78 Å². The molecule has 0 unspecified atom stereocenters. The van der Waals surface area contributed by atoms with Crippen molar-refractivity contribution in [3.8, 4) is 0 Å². The van der Waals surface area contributed by atoms with Crippen LogP contribution < -0.4 is 0 Å². The lowest BCUT2D eigenvalue weighted by atomic mass is 9.94. The van der Waals surface area contributed by atoms with Gasteiger partial charge < -0.3 is 0 Å². The maximum Gasteiger partial charge on any atom is 0.133 e. The van der Waals surface area contributed by atoms with Gasteiger partial charge in [0, 0.05) is 12.8 Å². The minimum absolute atomic E-state index is 0.496. The summed E-state index contributed by atoms with van der Waals surface area (Å²) in [5, 5.41) is 0. The van der Waals surface area contributed by atoms with Gasteiger partial charge in [-0.25, -0.2) is 0 Å². The molecule has 1 fully saturated rings. The summed E-state index contributed by atoms with van der Waals surface area (Å²) in [6, 6.07) is 0. The second-order valence-electron chi connectivity index (χ2n) is 4.69.